The Morgan fingerprint density at radius 1 is 0.851 bits per heavy atom. The van der Waals surface area contributed by atoms with Crippen molar-refractivity contribution in [1.82, 2.24) is 4.98 Å². The number of allylic oxidation sites excluding steroid dienone is 2. The average Bonchev–Trinajstić information content (AvgIpc) is 3.44. The van der Waals surface area contributed by atoms with Gasteiger partial charge in [0.1, 0.15) is 22.8 Å². The maximum absolute atomic E-state index is 7.01. The number of furan rings is 1. The van der Waals surface area contributed by atoms with Crippen molar-refractivity contribution < 1.29 is 9.15 Å². The van der Waals surface area contributed by atoms with Crippen LogP contribution in [0.15, 0.2) is 108 Å². The third kappa shape index (κ3) is 4.05. The Morgan fingerprint density at radius 2 is 1.64 bits per heavy atom. The number of nitrogens with zero attached hydrogens (tertiary/aromatic N) is 2. The van der Waals surface area contributed by atoms with E-state index in [-0.39, 0.29) is 17.5 Å². The summed E-state index contributed by atoms with van der Waals surface area (Å²) < 4.78 is 13.9. The van der Waals surface area contributed by atoms with Gasteiger partial charge >= 0.3 is 6.71 Å². The van der Waals surface area contributed by atoms with Crippen molar-refractivity contribution in [1.29, 1.82) is 0 Å². The van der Waals surface area contributed by atoms with Crippen LogP contribution < -0.4 is 26.2 Å². The van der Waals surface area contributed by atoms with E-state index in [1.165, 1.54) is 33.3 Å². The van der Waals surface area contributed by atoms with Crippen molar-refractivity contribution in [2.24, 2.45) is 0 Å². The smallest absolute Gasteiger partial charge is 0.303 e. The van der Waals surface area contributed by atoms with Gasteiger partial charge in [-0.05, 0) is 76.2 Å². The summed E-state index contributed by atoms with van der Waals surface area (Å²) in [6.07, 6.45) is 5.29. The van der Waals surface area contributed by atoms with Crippen LogP contribution in [-0.2, 0) is 10.8 Å². The summed E-state index contributed by atoms with van der Waals surface area (Å²) in [6, 6.07) is 32.6. The van der Waals surface area contributed by atoms with Crippen molar-refractivity contribution >= 4 is 57.0 Å². The first-order chi connectivity index (χ1) is 22.6. The van der Waals surface area contributed by atoms with Crippen molar-refractivity contribution in [2.45, 2.75) is 58.8 Å². The molecule has 5 heteroatoms. The zero-order chi connectivity index (χ0) is 32.2. The summed E-state index contributed by atoms with van der Waals surface area (Å²) in [4.78, 5) is 7.51. The Bertz CT molecular complexity index is 2290. The predicted octanol–water partition coefficient (Wildman–Crippen LogP) is 9.28. The van der Waals surface area contributed by atoms with Gasteiger partial charge in [0.05, 0.1) is 11.1 Å². The van der Waals surface area contributed by atoms with Crippen LogP contribution in [0.1, 0.15) is 64.7 Å². The van der Waals surface area contributed by atoms with Crippen LogP contribution in [0.4, 0.5) is 17.2 Å². The second kappa shape index (κ2) is 9.74. The molecular weight excluding hydrogens is 575 g/mol. The summed E-state index contributed by atoms with van der Waals surface area (Å²) >= 11 is 0. The molecule has 0 radical (unpaired) electrons. The molecule has 0 spiro atoms. The fourth-order valence-corrected chi connectivity index (χ4v) is 7.95. The minimum Gasteiger partial charge on any atom is -0.466 e. The molecule has 0 bridgehead atoms. The van der Waals surface area contributed by atoms with Crippen LogP contribution >= 0.6 is 0 Å². The molecule has 0 amide bonds. The number of pyridine rings is 1. The Labute approximate surface area is 276 Å². The van der Waals surface area contributed by atoms with Gasteiger partial charge in [-0.2, -0.15) is 0 Å². The Hall–Kier alpha value is -5.03. The molecule has 0 saturated heterocycles. The first-order valence-corrected chi connectivity index (χ1v) is 16.6. The van der Waals surface area contributed by atoms with Gasteiger partial charge in [0.15, 0.2) is 5.75 Å². The molecule has 2 aromatic heterocycles. The molecule has 4 nitrogen and oxygen atoms in total. The number of fused-ring (bicyclic) bond motifs is 7. The number of rotatable bonds is 2. The van der Waals surface area contributed by atoms with Crippen molar-refractivity contribution in [2.75, 3.05) is 4.90 Å². The normalized spacial score (nSPS) is 15.7. The molecule has 230 valence electrons. The lowest BCUT2D eigenvalue weighted by Gasteiger charge is -2.41. The van der Waals surface area contributed by atoms with Crippen LogP contribution in [0, 0.1) is 0 Å². The molecule has 0 N–H and O–H groups in total. The lowest BCUT2D eigenvalue weighted by atomic mass is 9.36. The minimum atomic E-state index is -0.170. The predicted molar refractivity (Wildman–Crippen MR) is 195 cm³/mol. The lowest BCUT2D eigenvalue weighted by molar-refractivity contribution is 0.481. The largest absolute Gasteiger partial charge is 0.466 e. The molecule has 0 unspecified atom stereocenters. The fraction of sp³-hybridized carbons (Fsp3) is 0.214. The van der Waals surface area contributed by atoms with Crippen molar-refractivity contribution in [3.05, 3.63) is 120 Å². The number of benzene rings is 4. The Balaban J connectivity index is 1.38. The molecule has 47 heavy (non-hydrogen) atoms. The van der Waals surface area contributed by atoms with Crippen LogP contribution in [0.5, 0.6) is 11.5 Å². The zero-order valence-corrected chi connectivity index (χ0v) is 27.8. The quantitative estimate of drug-likeness (QED) is 0.183. The van der Waals surface area contributed by atoms with Gasteiger partial charge in [0.2, 0.25) is 0 Å². The van der Waals surface area contributed by atoms with Gasteiger partial charge in [-0.15, -0.1) is 0 Å². The fourth-order valence-electron chi connectivity index (χ4n) is 7.95. The maximum Gasteiger partial charge on any atom is 0.303 e. The first-order valence-electron chi connectivity index (χ1n) is 16.6. The standard InChI is InChI=1S/C42H37BN2O2/c1-25-19-21-42(5,6)31-24-34-32(23-29(25)31)43-36-35(46-38-28-16-12-17-30(41(2,3)4)37(28)47-39(38)43)20-22-44-40(36)45(34)33-18-11-10-15-27(33)26-13-8-7-9-14-26/h7-20,22-24H,21H2,1-6H3. The van der Waals surface area contributed by atoms with E-state index >= 15 is 0 Å². The van der Waals surface area contributed by atoms with Gasteiger partial charge in [0.25, 0.3) is 0 Å². The summed E-state index contributed by atoms with van der Waals surface area (Å²) in [5, 5.41) is 1.02. The number of aromatic nitrogens is 1. The van der Waals surface area contributed by atoms with Gasteiger partial charge < -0.3 is 9.15 Å². The van der Waals surface area contributed by atoms with E-state index in [9.17, 15) is 0 Å². The number of para-hydroxylation sites is 2. The van der Waals surface area contributed by atoms with E-state index < -0.39 is 0 Å². The SMILES string of the molecule is CC1=CCC(C)(C)c2cc3c(cc21)B1c2oc4c(C(C)(C)C)cccc4c2Oc2ccnc(c21)N3c1ccccc1-c1ccccc1. The summed E-state index contributed by atoms with van der Waals surface area (Å²) in [7, 11) is 0. The molecule has 1 aliphatic carbocycles. The molecule has 6 aromatic rings. The first kappa shape index (κ1) is 28.2. The third-order valence-electron chi connectivity index (χ3n) is 10.4. The van der Waals surface area contributed by atoms with E-state index in [0.29, 0.717) is 0 Å². The van der Waals surface area contributed by atoms with E-state index in [4.69, 9.17) is 14.1 Å². The lowest BCUT2D eigenvalue weighted by Crippen LogP contribution is -2.59. The second-order valence-corrected chi connectivity index (χ2v) is 15.0. The van der Waals surface area contributed by atoms with Gasteiger partial charge in [0, 0.05) is 28.5 Å². The number of hydrogen-bond acceptors (Lipinski definition) is 4. The average molecular weight is 613 g/mol. The monoisotopic (exact) mass is 612 g/mol. The summed E-state index contributed by atoms with van der Waals surface area (Å²) in [5.41, 5.74) is 13.6. The molecule has 4 aromatic carbocycles. The minimum absolute atomic E-state index is 0.00808. The van der Waals surface area contributed by atoms with Crippen LogP contribution in [0.2, 0.25) is 0 Å². The van der Waals surface area contributed by atoms with Gasteiger partial charge in [-0.3, -0.25) is 4.90 Å². The Morgan fingerprint density at radius 3 is 2.45 bits per heavy atom. The van der Waals surface area contributed by atoms with Crippen molar-refractivity contribution in [3.8, 4) is 22.6 Å². The maximum atomic E-state index is 7.01. The highest BCUT2D eigenvalue weighted by atomic mass is 16.5. The second-order valence-electron chi connectivity index (χ2n) is 15.0. The molecule has 3 aliphatic rings. The molecule has 0 fully saturated rings. The van der Waals surface area contributed by atoms with E-state index in [1.54, 1.807) is 0 Å². The topological polar surface area (TPSA) is 38.5 Å². The van der Waals surface area contributed by atoms with Gasteiger partial charge in [-0.1, -0.05) is 107 Å². The highest BCUT2D eigenvalue weighted by Crippen LogP contribution is 2.48. The number of hydrogen-bond donors (Lipinski definition) is 0. The van der Waals surface area contributed by atoms with E-state index in [0.717, 1.165) is 62.8 Å². The van der Waals surface area contributed by atoms with Crippen LogP contribution in [0.25, 0.3) is 27.7 Å². The molecule has 9 rings (SSSR count). The van der Waals surface area contributed by atoms with Crippen LogP contribution in [0.3, 0.4) is 0 Å². The number of anilines is 3. The van der Waals surface area contributed by atoms with E-state index in [2.05, 4.69) is 137 Å². The highest BCUT2D eigenvalue weighted by molar-refractivity contribution is 6.98. The summed E-state index contributed by atoms with van der Waals surface area (Å²) in [6.45, 7) is 13.5. The third-order valence-corrected chi connectivity index (χ3v) is 10.4. The highest BCUT2D eigenvalue weighted by Gasteiger charge is 2.47. The zero-order valence-electron chi connectivity index (χ0n) is 27.8. The van der Waals surface area contributed by atoms with Gasteiger partial charge in [-0.25, -0.2) is 4.98 Å². The molecule has 0 saturated carbocycles. The molecule has 4 heterocycles. The van der Waals surface area contributed by atoms with E-state index in [1.807, 2.05) is 12.3 Å². The molecule has 0 atom stereocenters. The molecule has 2 aliphatic heterocycles. The number of ether oxygens (including phenoxy) is 1. The molecular formula is C42H37BN2O2. The van der Waals surface area contributed by atoms with Crippen molar-refractivity contribution in [3.63, 3.8) is 0 Å². The summed E-state index contributed by atoms with van der Waals surface area (Å²) in [5.74, 6) is 2.52. The van der Waals surface area contributed by atoms with Crippen LogP contribution in [-0.4, -0.2) is 11.7 Å². The Kier molecular flexibility index (Phi) is 5.85.